The Morgan fingerprint density at radius 2 is 1.85 bits per heavy atom. The smallest absolute Gasteiger partial charge is 0.251 e. The number of para-hydroxylation sites is 1. The molecule has 0 aliphatic rings. The third-order valence-electron chi connectivity index (χ3n) is 3.91. The zero-order valence-electron chi connectivity index (χ0n) is 14.7. The van der Waals surface area contributed by atoms with E-state index in [0.717, 1.165) is 27.8 Å². The highest BCUT2D eigenvalue weighted by atomic mass is 32.1. The molecule has 5 nitrogen and oxygen atoms in total. The highest BCUT2D eigenvalue weighted by molar-refractivity contribution is 7.13. The Bertz CT molecular complexity index is 875. The summed E-state index contributed by atoms with van der Waals surface area (Å²) >= 11 is 1.57. The van der Waals surface area contributed by atoms with Gasteiger partial charge in [-0.1, -0.05) is 12.1 Å². The number of carbonyl (C=O) groups is 1. The van der Waals surface area contributed by atoms with E-state index in [1.807, 2.05) is 29.6 Å². The molecule has 26 heavy (non-hydrogen) atoms. The van der Waals surface area contributed by atoms with E-state index in [-0.39, 0.29) is 5.91 Å². The Hall–Kier alpha value is -2.86. The number of carbonyl (C=O) groups excluding carboxylic acids is 1. The summed E-state index contributed by atoms with van der Waals surface area (Å²) in [5.41, 5.74) is 2.54. The van der Waals surface area contributed by atoms with Crippen molar-refractivity contribution in [1.29, 1.82) is 0 Å². The number of methoxy groups -OCH3 is 2. The van der Waals surface area contributed by atoms with Crippen LogP contribution in [-0.2, 0) is 6.42 Å². The number of amides is 1. The first-order valence-electron chi connectivity index (χ1n) is 8.21. The summed E-state index contributed by atoms with van der Waals surface area (Å²) in [5, 5.41) is 5.85. The van der Waals surface area contributed by atoms with Crippen LogP contribution in [0.4, 0.5) is 0 Å². The molecule has 2 aromatic carbocycles. The zero-order chi connectivity index (χ0) is 18.4. The molecule has 1 heterocycles. The normalized spacial score (nSPS) is 10.4. The number of hydrogen-bond donors (Lipinski definition) is 1. The lowest BCUT2D eigenvalue weighted by atomic mass is 10.2. The molecular weight excluding hydrogens is 348 g/mol. The predicted octanol–water partition coefficient (Wildman–Crippen LogP) is 3.80. The zero-order valence-corrected chi connectivity index (χ0v) is 15.5. The molecule has 134 valence electrons. The minimum absolute atomic E-state index is 0.104. The second-order valence-corrected chi connectivity index (χ2v) is 6.44. The summed E-state index contributed by atoms with van der Waals surface area (Å²) in [6.45, 7) is 0.528. The maximum Gasteiger partial charge on any atom is 0.251 e. The number of rotatable bonds is 7. The van der Waals surface area contributed by atoms with Crippen molar-refractivity contribution in [3.8, 4) is 22.1 Å². The molecule has 0 bridgehead atoms. The average molecular weight is 368 g/mol. The van der Waals surface area contributed by atoms with Crippen molar-refractivity contribution in [2.45, 2.75) is 6.42 Å². The quantitative estimate of drug-likeness (QED) is 0.689. The van der Waals surface area contributed by atoms with Crippen molar-refractivity contribution in [3.05, 3.63) is 65.2 Å². The molecular formula is C20H20N2O3S. The van der Waals surface area contributed by atoms with Gasteiger partial charge in [-0.3, -0.25) is 4.79 Å². The van der Waals surface area contributed by atoms with Gasteiger partial charge in [0, 0.05) is 23.9 Å². The molecule has 0 spiro atoms. The van der Waals surface area contributed by atoms with Crippen LogP contribution >= 0.6 is 11.3 Å². The maximum absolute atomic E-state index is 12.2. The molecule has 0 unspecified atom stereocenters. The van der Waals surface area contributed by atoms with E-state index < -0.39 is 0 Å². The highest BCUT2D eigenvalue weighted by Gasteiger charge is 2.10. The lowest BCUT2D eigenvalue weighted by Crippen LogP contribution is -2.25. The van der Waals surface area contributed by atoms with Gasteiger partial charge >= 0.3 is 0 Å². The predicted molar refractivity (Wildman–Crippen MR) is 103 cm³/mol. The minimum atomic E-state index is -0.104. The number of nitrogens with one attached hydrogen (secondary N) is 1. The van der Waals surface area contributed by atoms with Crippen LogP contribution in [0.25, 0.3) is 10.6 Å². The van der Waals surface area contributed by atoms with Crippen LogP contribution in [-0.4, -0.2) is 31.7 Å². The van der Waals surface area contributed by atoms with Gasteiger partial charge in [0.15, 0.2) is 0 Å². The van der Waals surface area contributed by atoms with Crippen LogP contribution in [0.5, 0.6) is 11.5 Å². The monoisotopic (exact) mass is 368 g/mol. The molecule has 0 saturated carbocycles. The standard InChI is InChI=1S/C20H20N2O3S/c1-24-16-9-7-14(8-10-16)19(23)21-12-11-15-13-26-20(22-15)17-5-3-4-6-18(17)25-2/h3-10,13H,11-12H2,1-2H3,(H,21,23). The maximum atomic E-state index is 12.2. The average Bonchev–Trinajstić information content (AvgIpc) is 3.16. The van der Waals surface area contributed by atoms with Gasteiger partial charge in [-0.2, -0.15) is 0 Å². The van der Waals surface area contributed by atoms with Crippen LogP contribution in [0.15, 0.2) is 53.9 Å². The molecule has 1 amide bonds. The Balaban J connectivity index is 1.57. The van der Waals surface area contributed by atoms with Crippen molar-refractivity contribution in [2.24, 2.45) is 0 Å². The first-order chi connectivity index (χ1) is 12.7. The lowest BCUT2D eigenvalue weighted by molar-refractivity contribution is 0.0954. The molecule has 1 N–H and O–H groups in total. The van der Waals surface area contributed by atoms with E-state index in [0.29, 0.717) is 18.5 Å². The lowest BCUT2D eigenvalue weighted by Gasteiger charge is -2.06. The van der Waals surface area contributed by atoms with Crippen molar-refractivity contribution < 1.29 is 14.3 Å². The molecule has 3 aromatic rings. The number of thiazole rings is 1. The fraction of sp³-hybridized carbons (Fsp3) is 0.200. The Morgan fingerprint density at radius 1 is 1.08 bits per heavy atom. The fourth-order valence-corrected chi connectivity index (χ4v) is 3.40. The number of benzene rings is 2. The summed E-state index contributed by atoms with van der Waals surface area (Å²) in [7, 11) is 3.25. The van der Waals surface area contributed by atoms with Crippen LogP contribution in [0, 0.1) is 0 Å². The third-order valence-corrected chi connectivity index (χ3v) is 4.83. The van der Waals surface area contributed by atoms with E-state index in [4.69, 9.17) is 9.47 Å². The molecule has 1 aromatic heterocycles. The summed E-state index contributed by atoms with van der Waals surface area (Å²) in [4.78, 5) is 16.8. The van der Waals surface area contributed by atoms with E-state index in [9.17, 15) is 4.79 Å². The van der Waals surface area contributed by atoms with Crippen LogP contribution in [0.3, 0.4) is 0 Å². The molecule has 0 atom stereocenters. The third kappa shape index (κ3) is 4.21. The van der Waals surface area contributed by atoms with Gasteiger partial charge in [0.2, 0.25) is 0 Å². The van der Waals surface area contributed by atoms with E-state index in [1.165, 1.54) is 0 Å². The van der Waals surface area contributed by atoms with Gasteiger partial charge in [-0.15, -0.1) is 11.3 Å². The first kappa shape index (κ1) is 17.9. The molecule has 0 radical (unpaired) electrons. The highest BCUT2D eigenvalue weighted by Crippen LogP contribution is 2.31. The van der Waals surface area contributed by atoms with Gasteiger partial charge in [0.25, 0.3) is 5.91 Å². The van der Waals surface area contributed by atoms with Crippen molar-refractivity contribution in [2.75, 3.05) is 20.8 Å². The summed E-state index contributed by atoms with van der Waals surface area (Å²) in [6.07, 6.45) is 0.674. The molecule has 0 aliphatic carbocycles. The second-order valence-electron chi connectivity index (χ2n) is 5.58. The first-order valence-corrected chi connectivity index (χ1v) is 9.09. The minimum Gasteiger partial charge on any atom is -0.497 e. The number of ether oxygens (including phenoxy) is 2. The molecule has 6 heteroatoms. The molecule has 0 fully saturated rings. The SMILES string of the molecule is COc1ccc(C(=O)NCCc2csc(-c3ccccc3OC)n2)cc1. The summed E-state index contributed by atoms with van der Waals surface area (Å²) < 4.78 is 10.5. The summed E-state index contributed by atoms with van der Waals surface area (Å²) in [5.74, 6) is 1.43. The number of aromatic nitrogens is 1. The molecule has 3 rings (SSSR count). The van der Waals surface area contributed by atoms with Crippen LogP contribution < -0.4 is 14.8 Å². The molecule has 0 aliphatic heterocycles. The van der Waals surface area contributed by atoms with E-state index in [2.05, 4.69) is 10.3 Å². The fourth-order valence-electron chi connectivity index (χ4n) is 2.52. The van der Waals surface area contributed by atoms with Gasteiger partial charge in [0.1, 0.15) is 16.5 Å². The summed E-state index contributed by atoms with van der Waals surface area (Å²) in [6, 6.07) is 14.9. The van der Waals surface area contributed by atoms with Gasteiger partial charge in [0.05, 0.1) is 25.5 Å². The molecule has 0 saturated heterocycles. The van der Waals surface area contributed by atoms with Gasteiger partial charge in [-0.05, 0) is 36.4 Å². The number of nitrogens with zero attached hydrogens (tertiary/aromatic N) is 1. The Kier molecular flexibility index (Phi) is 5.86. The van der Waals surface area contributed by atoms with Gasteiger partial charge in [-0.25, -0.2) is 4.98 Å². The van der Waals surface area contributed by atoms with E-state index in [1.54, 1.807) is 49.8 Å². The van der Waals surface area contributed by atoms with Crippen LogP contribution in [0.2, 0.25) is 0 Å². The number of hydrogen-bond acceptors (Lipinski definition) is 5. The van der Waals surface area contributed by atoms with E-state index >= 15 is 0 Å². The Labute approximate surface area is 156 Å². The Morgan fingerprint density at radius 3 is 2.58 bits per heavy atom. The van der Waals surface area contributed by atoms with Crippen LogP contribution in [0.1, 0.15) is 16.1 Å². The largest absolute Gasteiger partial charge is 0.497 e. The topological polar surface area (TPSA) is 60.5 Å². The van der Waals surface area contributed by atoms with Crippen molar-refractivity contribution >= 4 is 17.2 Å². The van der Waals surface area contributed by atoms with Gasteiger partial charge < -0.3 is 14.8 Å². The second kappa shape index (κ2) is 8.49. The van der Waals surface area contributed by atoms with Crippen molar-refractivity contribution in [1.82, 2.24) is 10.3 Å². The van der Waals surface area contributed by atoms with Crippen molar-refractivity contribution in [3.63, 3.8) is 0 Å².